The molecule has 0 aliphatic heterocycles. The van der Waals surface area contributed by atoms with E-state index in [1.807, 2.05) is 12.2 Å². The first-order chi connectivity index (χ1) is 26.5. The van der Waals surface area contributed by atoms with E-state index in [9.17, 15) is 19.8 Å². The highest BCUT2D eigenvalue weighted by Crippen LogP contribution is 2.15. The lowest BCUT2D eigenvalue weighted by Crippen LogP contribution is -2.46. The molecule has 0 heterocycles. The van der Waals surface area contributed by atoms with E-state index >= 15 is 0 Å². The fraction of sp³-hybridized carbons (Fsp3) is 0.833. The van der Waals surface area contributed by atoms with E-state index < -0.39 is 18.2 Å². The molecular weight excluding hydrogens is 671 g/mol. The normalized spacial score (nSPS) is 13.6. The van der Waals surface area contributed by atoms with Gasteiger partial charge in [0.2, 0.25) is 5.91 Å². The van der Waals surface area contributed by atoms with Crippen LogP contribution in [0.15, 0.2) is 36.5 Å². The molecular formula is C48H89NO5. The van der Waals surface area contributed by atoms with E-state index in [0.29, 0.717) is 12.8 Å². The quantitative estimate of drug-likeness (QED) is 0.0328. The number of aliphatic hydroxyl groups is 2. The van der Waals surface area contributed by atoms with Gasteiger partial charge >= 0.3 is 5.97 Å². The maximum absolute atomic E-state index is 13.1. The summed E-state index contributed by atoms with van der Waals surface area (Å²) in [6, 6.07) is -0.728. The Morgan fingerprint density at radius 2 is 0.981 bits per heavy atom. The van der Waals surface area contributed by atoms with E-state index in [1.165, 1.54) is 141 Å². The number of esters is 1. The van der Waals surface area contributed by atoms with Gasteiger partial charge in [0.05, 0.1) is 25.2 Å². The van der Waals surface area contributed by atoms with Crippen molar-refractivity contribution in [1.29, 1.82) is 0 Å². The fourth-order valence-electron chi connectivity index (χ4n) is 6.86. The molecule has 0 aromatic heterocycles. The molecule has 3 N–H and O–H groups in total. The smallest absolute Gasteiger partial charge is 0.306 e. The number of hydrogen-bond donors (Lipinski definition) is 3. The molecule has 0 rings (SSSR count). The summed E-state index contributed by atoms with van der Waals surface area (Å²) in [5.74, 6) is -0.606. The monoisotopic (exact) mass is 760 g/mol. The molecule has 0 saturated heterocycles. The van der Waals surface area contributed by atoms with Gasteiger partial charge in [0.1, 0.15) is 6.10 Å². The van der Waals surface area contributed by atoms with Crippen molar-refractivity contribution < 1.29 is 24.5 Å². The van der Waals surface area contributed by atoms with E-state index in [1.54, 1.807) is 0 Å². The number of hydrogen-bond acceptors (Lipinski definition) is 5. The predicted molar refractivity (Wildman–Crippen MR) is 232 cm³/mol. The minimum Gasteiger partial charge on any atom is -0.458 e. The zero-order chi connectivity index (χ0) is 39.6. The summed E-state index contributed by atoms with van der Waals surface area (Å²) >= 11 is 0. The lowest BCUT2D eigenvalue weighted by atomic mass is 10.0. The van der Waals surface area contributed by atoms with Crippen LogP contribution in [0.25, 0.3) is 0 Å². The third-order valence-corrected chi connectivity index (χ3v) is 10.4. The fourth-order valence-corrected chi connectivity index (χ4v) is 6.86. The zero-order valence-electron chi connectivity index (χ0n) is 35.9. The van der Waals surface area contributed by atoms with Crippen LogP contribution in [0.3, 0.4) is 0 Å². The second-order valence-electron chi connectivity index (χ2n) is 15.8. The van der Waals surface area contributed by atoms with Gasteiger partial charge in [-0.15, -0.1) is 0 Å². The Morgan fingerprint density at radius 3 is 1.48 bits per heavy atom. The van der Waals surface area contributed by atoms with Crippen molar-refractivity contribution in [2.75, 3.05) is 6.61 Å². The van der Waals surface area contributed by atoms with Gasteiger partial charge < -0.3 is 20.3 Å². The van der Waals surface area contributed by atoms with E-state index in [-0.39, 0.29) is 24.9 Å². The Balaban J connectivity index is 4.65. The second-order valence-corrected chi connectivity index (χ2v) is 15.8. The zero-order valence-corrected chi connectivity index (χ0v) is 35.9. The van der Waals surface area contributed by atoms with Crippen molar-refractivity contribution in [3.63, 3.8) is 0 Å². The number of nitrogens with one attached hydrogen (secondary N) is 1. The van der Waals surface area contributed by atoms with Crippen molar-refractivity contribution in [3.05, 3.63) is 36.5 Å². The van der Waals surface area contributed by atoms with Crippen LogP contribution in [-0.4, -0.2) is 46.9 Å². The number of unbranched alkanes of at least 4 members (excludes halogenated alkanes) is 25. The highest BCUT2D eigenvalue weighted by molar-refractivity contribution is 5.78. The highest BCUT2D eigenvalue weighted by atomic mass is 16.5. The SMILES string of the molecule is CCCCCC/C=C\CCCCCCCCCC(=O)OC(/C=C/C/C=C\CCCCCCCC)CC(=O)NC(CO)C(O)CCCCCCCCCCC. The van der Waals surface area contributed by atoms with Gasteiger partial charge in [-0.05, 0) is 63.9 Å². The van der Waals surface area contributed by atoms with Crippen LogP contribution in [0.1, 0.15) is 233 Å². The Bertz CT molecular complexity index is 900. The second kappa shape index (κ2) is 42.2. The van der Waals surface area contributed by atoms with Gasteiger partial charge in [-0.1, -0.05) is 192 Å². The summed E-state index contributed by atoms with van der Waals surface area (Å²) in [6.45, 7) is 6.40. The first kappa shape index (κ1) is 52.1. The number of allylic oxidation sites excluding steroid dienone is 5. The van der Waals surface area contributed by atoms with Crippen LogP contribution >= 0.6 is 0 Å². The molecule has 0 fully saturated rings. The molecule has 6 nitrogen and oxygen atoms in total. The first-order valence-electron chi connectivity index (χ1n) is 23.2. The summed E-state index contributed by atoms with van der Waals surface area (Å²) in [6.07, 6.45) is 48.1. The molecule has 0 aromatic rings. The van der Waals surface area contributed by atoms with Gasteiger partial charge in [-0.25, -0.2) is 0 Å². The molecule has 0 aliphatic rings. The largest absolute Gasteiger partial charge is 0.458 e. The molecule has 316 valence electrons. The maximum atomic E-state index is 13.1. The molecule has 1 amide bonds. The lowest BCUT2D eigenvalue weighted by molar-refractivity contribution is -0.148. The molecule has 6 heteroatoms. The standard InChI is InChI=1S/C48H89NO5/c1-4-7-10-13-16-19-21-22-23-24-26-29-32-35-38-41-48(53)54-44(39-36-33-30-28-25-20-17-14-11-8-5-2)42-47(52)49-45(43-50)46(51)40-37-34-31-27-18-15-12-9-6-3/h19,21,28,30,36,39,44-46,50-51H,4-18,20,22-27,29,31-35,37-38,40-43H2,1-3H3,(H,49,52)/b21-19-,30-28-,39-36+. The third-order valence-electron chi connectivity index (χ3n) is 10.4. The molecule has 0 radical (unpaired) electrons. The molecule has 3 atom stereocenters. The lowest BCUT2D eigenvalue weighted by Gasteiger charge is -2.23. The molecule has 3 unspecified atom stereocenters. The van der Waals surface area contributed by atoms with Crippen molar-refractivity contribution >= 4 is 11.9 Å². The summed E-state index contributed by atoms with van der Waals surface area (Å²) in [5.41, 5.74) is 0. The Morgan fingerprint density at radius 1 is 0.556 bits per heavy atom. The van der Waals surface area contributed by atoms with Crippen LogP contribution in [0.4, 0.5) is 0 Å². The number of carbonyl (C=O) groups is 2. The number of carbonyl (C=O) groups excluding carboxylic acids is 2. The van der Waals surface area contributed by atoms with Crippen molar-refractivity contribution in [2.45, 2.75) is 251 Å². The van der Waals surface area contributed by atoms with Crippen molar-refractivity contribution in [3.8, 4) is 0 Å². The summed E-state index contributed by atoms with van der Waals surface area (Å²) in [5, 5.41) is 23.5. The van der Waals surface area contributed by atoms with E-state index in [0.717, 1.165) is 51.4 Å². The van der Waals surface area contributed by atoms with Gasteiger partial charge in [0.15, 0.2) is 0 Å². The van der Waals surface area contributed by atoms with Crippen LogP contribution in [-0.2, 0) is 14.3 Å². The van der Waals surface area contributed by atoms with E-state index in [2.05, 4.69) is 50.4 Å². The number of rotatable bonds is 41. The van der Waals surface area contributed by atoms with E-state index in [4.69, 9.17) is 4.74 Å². The minimum atomic E-state index is -0.807. The Hall–Kier alpha value is -1.92. The molecule has 0 aromatic carbocycles. The summed E-state index contributed by atoms with van der Waals surface area (Å²) < 4.78 is 5.80. The molecule has 0 spiro atoms. The van der Waals surface area contributed by atoms with Crippen molar-refractivity contribution in [2.24, 2.45) is 0 Å². The number of amides is 1. The Labute approximate surface area is 334 Å². The average Bonchev–Trinajstić information content (AvgIpc) is 3.16. The number of aliphatic hydroxyl groups excluding tert-OH is 2. The third kappa shape index (κ3) is 37.0. The highest BCUT2D eigenvalue weighted by Gasteiger charge is 2.23. The number of ether oxygens (including phenoxy) is 1. The van der Waals surface area contributed by atoms with Crippen molar-refractivity contribution in [1.82, 2.24) is 5.32 Å². The van der Waals surface area contributed by atoms with Gasteiger partial charge in [-0.3, -0.25) is 9.59 Å². The Kier molecular flexibility index (Phi) is 40.7. The maximum Gasteiger partial charge on any atom is 0.306 e. The first-order valence-corrected chi connectivity index (χ1v) is 23.2. The summed E-state index contributed by atoms with van der Waals surface area (Å²) in [4.78, 5) is 25.9. The minimum absolute atomic E-state index is 0.0288. The molecule has 0 saturated carbocycles. The van der Waals surface area contributed by atoms with Crippen LogP contribution in [0.5, 0.6) is 0 Å². The molecule has 0 bridgehead atoms. The topological polar surface area (TPSA) is 95.9 Å². The summed E-state index contributed by atoms with van der Waals surface area (Å²) in [7, 11) is 0. The van der Waals surface area contributed by atoms with Crippen LogP contribution < -0.4 is 5.32 Å². The van der Waals surface area contributed by atoms with Crippen LogP contribution in [0, 0.1) is 0 Å². The predicted octanol–water partition coefficient (Wildman–Crippen LogP) is 13.3. The van der Waals surface area contributed by atoms with Gasteiger partial charge in [-0.2, -0.15) is 0 Å². The van der Waals surface area contributed by atoms with Gasteiger partial charge in [0.25, 0.3) is 0 Å². The average molecular weight is 760 g/mol. The van der Waals surface area contributed by atoms with Gasteiger partial charge in [0, 0.05) is 6.42 Å². The molecule has 0 aliphatic carbocycles. The van der Waals surface area contributed by atoms with Crippen LogP contribution in [0.2, 0.25) is 0 Å². The molecule has 54 heavy (non-hydrogen) atoms.